The van der Waals surface area contributed by atoms with Gasteiger partial charge in [0.05, 0.1) is 17.2 Å². The number of aliphatic hydroxyl groups excluding tert-OH is 1. The average Bonchev–Trinajstić information content (AvgIpc) is 2.42. The number of benzene rings is 2. The number of rotatable bonds is 4. The van der Waals surface area contributed by atoms with Crippen LogP contribution in [0.3, 0.4) is 0 Å². The molecule has 0 bridgehead atoms. The van der Waals surface area contributed by atoms with Crippen LogP contribution in [0.5, 0.6) is 0 Å². The van der Waals surface area contributed by atoms with E-state index in [0.29, 0.717) is 20.7 Å². The third-order valence-corrected chi connectivity index (χ3v) is 4.86. The smallest absolute Gasteiger partial charge is 0.261 e. The molecule has 0 spiro atoms. The van der Waals surface area contributed by atoms with E-state index in [2.05, 4.69) is 20.7 Å². The fraction of sp³-hybridized carbons (Fsp3) is 0.0769. The van der Waals surface area contributed by atoms with Crippen LogP contribution < -0.4 is 4.72 Å². The summed E-state index contributed by atoms with van der Waals surface area (Å²) in [5.74, 6) is 0. The maximum atomic E-state index is 12.2. The Morgan fingerprint density at radius 1 is 1.15 bits per heavy atom. The van der Waals surface area contributed by atoms with Crippen LogP contribution in [0.15, 0.2) is 51.8 Å². The van der Waals surface area contributed by atoms with E-state index in [-0.39, 0.29) is 11.5 Å². The molecule has 0 unspecified atom stereocenters. The minimum Gasteiger partial charge on any atom is -0.392 e. The molecule has 2 rings (SSSR count). The van der Waals surface area contributed by atoms with Crippen molar-refractivity contribution in [1.82, 2.24) is 0 Å². The van der Waals surface area contributed by atoms with Crippen molar-refractivity contribution in [2.75, 3.05) is 4.72 Å². The van der Waals surface area contributed by atoms with Crippen LogP contribution in [0.2, 0.25) is 5.02 Å². The molecule has 0 aliphatic heterocycles. The summed E-state index contributed by atoms with van der Waals surface area (Å²) in [5, 5.41) is 9.45. The van der Waals surface area contributed by atoms with Crippen molar-refractivity contribution in [2.24, 2.45) is 0 Å². The highest BCUT2D eigenvalue weighted by Crippen LogP contribution is 2.28. The summed E-state index contributed by atoms with van der Waals surface area (Å²) in [6.45, 7) is -0.128. The second-order valence-electron chi connectivity index (χ2n) is 4.03. The average molecular weight is 377 g/mol. The minimum atomic E-state index is -3.68. The van der Waals surface area contributed by atoms with Crippen LogP contribution in [0, 0.1) is 0 Å². The Bertz CT molecular complexity index is 717. The van der Waals surface area contributed by atoms with Crippen LogP contribution >= 0.6 is 27.5 Å². The van der Waals surface area contributed by atoms with Gasteiger partial charge in [-0.05, 0) is 51.8 Å². The van der Waals surface area contributed by atoms with Gasteiger partial charge in [0, 0.05) is 9.50 Å². The molecule has 0 saturated carbocycles. The summed E-state index contributed by atoms with van der Waals surface area (Å²) in [4.78, 5) is 0.122. The van der Waals surface area contributed by atoms with E-state index in [4.69, 9.17) is 16.7 Å². The third-order valence-electron chi connectivity index (χ3n) is 2.59. The first-order chi connectivity index (χ1) is 9.42. The lowest BCUT2D eigenvalue weighted by molar-refractivity contribution is 0.282. The summed E-state index contributed by atoms with van der Waals surface area (Å²) in [7, 11) is -3.68. The first-order valence-electron chi connectivity index (χ1n) is 5.60. The van der Waals surface area contributed by atoms with E-state index in [1.807, 2.05) is 0 Å². The number of hydrogen-bond acceptors (Lipinski definition) is 3. The summed E-state index contributed by atoms with van der Waals surface area (Å²) in [6, 6.07) is 10.8. The zero-order chi connectivity index (χ0) is 14.8. The Morgan fingerprint density at radius 2 is 1.80 bits per heavy atom. The molecule has 0 heterocycles. The number of halogens is 2. The Morgan fingerprint density at radius 3 is 2.35 bits per heavy atom. The van der Waals surface area contributed by atoms with E-state index in [1.165, 1.54) is 12.1 Å². The first-order valence-corrected chi connectivity index (χ1v) is 8.25. The maximum absolute atomic E-state index is 12.2. The van der Waals surface area contributed by atoms with E-state index in [9.17, 15) is 8.42 Å². The lowest BCUT2D eigenvalue weighted by Crippen LogP contribution is -2.13. The molecule has 0 aliphatic carbocycles. The lowest BCUT2D eigenvalue weighted by Gasteiger charge is -2.10. The summed E-state index contributed by atoms with van der Waals surface area (Å²) < 4.78 is 27.4. The second-order valence-corrected chi connectivity index (χ2v) is 7.00. The van der Waals surface area contributed by atoms with E-state index >= 15 is 0 Å². The SMILES string of the molecule is O=S(=O)(Nc1ccc(Cl)cc1Br)c1ccc(CO)cc1. The minimum absolute atomic E-state index is 0.122. The summed E-state index contributed by atoms with van der Waals surface area (Å²) in [6.07, 6.45) is 0. The van der Waals surface area contributed by atoms with Gasteiger partial charge in [-0.2, -0.15) is 0 Å². The zero-order valence-electron chi connectivity index (χ0n) is 10.2. The molecule has 2 N–H and O–H groups in total. The standard InChI is InChI=1S/C13H11BrClNO3S/c14-12-7-10(15)3-6-13(12)16-20(18,19)11-4-1-9(8-17)2-5-11/h1-7,16-17H,8H2. The molecule has 0 radical (unpaired) electrons. The summed E-state index contributed by atoms with van der Waals surface area (Å²) in [5.41, 5.74) is 1.05. The van der Waals surface area contributed by atoms with Crippen molar-refractivity contribution >= 4 is 43.2 Å². The molecule has 2 aromatic carbocycles. The quantitative estimate of drug-likeness (QED) is 0.859. The third kappa shape index (κ3) is 3.52. The molecule has 106 valence electrons. The molecule has 0 aliphatic rings. The van der Waals surface area contributed by atoms with Gasteiger partial charge in [-0.1, -0.05) is 23.7 Å². The first kappa shape index (κ1) is 15.3. The van der Waals surface area contributed by atoms with Crippen molar-refractivity contribution in [3.8, 4) is 0 Å². The number of nitrogens with one attached hydrogen (secondary N) is 1. The van der Waals surface area contributed by atoms with Crippen molar-refractivity contribution in [3.63, 3.8) is 0 Å². The van der Waals surface area contributed by atoms with E-state index < -0.39 is 10.0 Å². The Hall–Kier alpha value is -1.08. The molecule has 0 fully saturated rings. The lowest BCUT2D eigenvalue weighted by atomic mass is 10.2. The topological polar surface area (TPSA) is 66.4 Å². The largest absolute Gasteiger partial charge is 0.392 e. The van der Waals surface area contributed by atoms with Crippen LogP contribution in [-0.4, -0.2) is 13.5 Å². The van der Waals surface area contributed by atoms with Crippen LogP contribution in [0.4, 0.5) is 5.69 Å². The van der Waals surface area contributed by atoms with Gasteiger partial charge in [0.1, 0.15) is 0 Å². The van der Waals surface area contributed by atoms with Crippen molar-refractivity contribution < 1.29 is 13.5 Å². The molecule has 0 aromatic heterocycles. The Kier molecular flexibility index (Phi) is 4.70. The van der Waals surface area contributed by atoms with Crippen molar-refractivity contribution in [3.05, 3.63) is 57.5 Å². The maximum Gasteiger partial charge on any atom is 0.261 e. The van der Waals surface area contributed by atoms with Gasteiger partial charge < -0.3 is 5.11 Å². The molecule has 4 nitrogen and oxygen atoms in total. The molecule has 0 saturated heterocycles. The summed E-state index contributed by atoms with van der Waals surface area (Å²) >= 11 is 9.06. The zero-order valence-corrected chi connectivity index (χ0v) is 13.3. The Labute approximate surface area is 130 Å². The number of aliphatic hydroxyl groups is 1. The molecule has 2 aromatic rings. The van der Waals surface area contributed by atoms with Gasteiger partial charge >= 0.3 is 0 Å². The molecular weight excluding hydrogens is 366 g/mol. The number of hydrogen-bond donors (Lipinski definition) is 2. The fourth-order valence-corrected chi connectivity index (χ4v) is 3.54. The van der Waals surface area contributed by atoms with E-state index in [1.54, 1.807) is 30.3 Å². The number of anilines is 1. The van der Waals surface area contributed by atoms with Crippen LogP contribution in [0.1, 0.15) is 5.56 Å². The highest BCUT2D eigenvalue weighted by Gasteiger charge is 2.15. The highest BCUT2D eigenvalue weighted by atomic mass is 79.9. The molecule has 20 heavy (non-hydrogen) atoms. The predicted octanol–water partition coefficient (Wildman–Crippen LogP) is 3.40. The van der Waals surface area contributed by atoms with Gasteiger partial charge in [-0.25, -0.2) is 8.42 Å². The normalized spacial score (nSPS) is 11.3. The number of sulfonamides is 1. The fourth-order valence-electron chi connectivity index (χ4n) is 1.55. The van der Waals surface area contributed by atoms with Gasteiger partial charge in [-0.15, -0.1) is 0 Å². The van der Waals surface area contributed by atoms with Gasteiger partial charge in [-0.3, -0.25) is 4.72 Å². The van der Waals surface area contributed by atoms with Crippen LogP contribution in [0.25, 0.3) is 0 Å². The molecule has 7 heteroatoms. The highest BCUT2D eigenvalue weighted by molar-refractivity contribution is 9.10. The van der Waals surface area contributed by atoms with Crippen molar-refractivity contribution in [2.45, 2.75) is 11.5 Å². The Balaban J connectivity index is 2.30. The monoisotopic (exact) mass is 375 g/mol. The second kappa shape index (κ2) is 6.13. The van der Waals surface area contributed by atoms with Gasteiger partial charge in [0.25, 0.3) is 10.0 Å². The predicted molar refractivity (Wildman–Crippen MR) is 82.3 cm³/mol. The molecule has 0 atom stereocenters. The van der Waals surface area contributed by atoms with Gasteiger partial charge in [0.15, 0.2) is 0 Å². The molecular formula is C13H11BrClNO3S. The molecule has 0 amide bonds. The van der Waals surface area contributed by atoms with Gasteiger partial charge in [0.2, 0.25) is 0 Å². The van der Waals surface area contributed by atoms with E-state index in [0.717, 1.165) is 0 Å². The van der Waals surface area contributed by atoms with Crippen molar-refractivity contribution in [1.29, 1.82) is 0 Å². The van der Waals surface area contributed by atoms with Crippen LogP contribution in [-0.2, 0) is 16.6 Å².